The van der Waals surface area contributed by atoms with Crippen LogP contribution in [0.4, 0.5) is 0 Å². The van der Waals surface area contributed by atoms with Crippen molar-refractivity contribution in [3.63, 3.8) is 0 Å². The fourth-order valence-electron chi connectivity index (χ4n) is 0.739. The molecule has 0 saturated heterocycles. The van der Waals surface area contributed by atoms with Crippen LogP contribution < -0.4 is 9.79 Å². The van der Waals surface area contributed by atoms with Gasteiger partial charge in [-0.2, -0.15) is 0 Å². The summed E-state index contributed by atoms with van der Waals surface area (Å²) in [5, 5.41) is 0. The molecular weight excluding hydrogens is 179 g/mol. The van der Waals surface area contributed by atoms with Gasteiger partial charge < -0.3 is 14.4 Å². The number of carbonyl (C=O) groups excluding carboxylic acids is 1. The van der Waals surface area contributed by atoms with E-state index in [0.29, 0.717) is 0 Å². The minimum atomic E-state index is -5.12. The monoisotopic (exact) mass is 184 g/mol. The Morgan fingerprint density at radius 3 is 2.08 bits per heavy atom. The first-order valence-electron chi connectivity index (χ1n) is 3.14. The van der Waals surface area contributed by atoms with Gasteiger partial charge in [-0.1, -0.05) is 30.3 Å². The normalized spacial score (nSPS) is 11.2. The van der Waals surface area contributed by atoms with Crippen LogP contribution in [0.1, 0.15) is 10.4 Å². The van der Waals surface area contributed by atoms with E-state index in [-0.39, 0.29) is 5.56 Å². The molecule has 1 aromatic carbocycles. The molecule has 0 aliphatic carbocycles. The molecule has 1 aromatic rings. The molecule has 0 fully saturated rings. The lowest BCUT2D eigenvalue weighted by Gasteiger charge is -2.26. The maximum Gasteiger partial charge on any atom is 0.192 e. The van der Waals surface area contributed by atoms with Gasteiger partial charge in [0.15, 0.2) is 5.52 Å². The number of carbonyl (C=O) groups is 1. The minimum Gasteiger partial charge on any atom is -0.805 e. The van der Waals surface area contributed by atoms with Crippen molar-refractivity contribution in [2.45, 2.75) is 0 Å². The predicted octanol–water partition coefficient (Wildman–Crippen LogP) is -0.260. The third-order valence-corrected chi connectivity index (χ3v) is 2.03. The van der Waals surface area contributed by atoms with Gasteiger partial charge in [-0.25, -0.2) is 0 Å². The van der Waals surface area contributed by atoms with Gasteiger partial charge in [0.25, 0.3) is 0 Å². The molecule has 64 valence electrons. The van der Waals surface area contributed by atoms with Crippen molar-refractivity contribution in [2.24, 2.45) is 0 Å². The molecule has 0 aliphatic rings. The van der Waals surface area contributed by atoms with E-state index in [0.717, 1.165) is 0 Å². The van der Waals surface area contributed by atoms with Crippen LogP contribution in [0.5, 0.6) is 0 Å². The van der Waals surface area contributed by atoms with E-state index >= 15 is 0 Å². The van der Waals surface area contributed by atoms with Crippen molar-refractivity contribution in [1.29, 1.82) is 0 Å². The maximum atomic E-state index is 10.8. The molecule has 0 unspecified atom stereocenters. The summed E-state index contributed by atoms with van der Waals surface area (Å²) in [6.07, 6.45) is 0. The maximum absolute atomic E-state index is 10.8. The first kappa shape index (κ1) is 9.13. The van der Waals surface area contributed by atoms with Crippen LogP contribution in [0.25, 0.3) is 0 Å². The zero-order valence-corrected chi connectivity index (χ0v) is 6.86. The molecule has 0 aliphatic heterocycles. The van der Waals surface area contributed by atoms with Gasteiger partial charge in [-0.05, 0) is 0 Å². The Morgan fingerprint density at radius 1 is 1.17 bits per heavy atom. The van der Waals surface area contributed by atoms with Crippen molar-refractivity contribution in [2.75, 3.05) is 0 Å². The zero-order valence-electron chi connectivity index (χ0n) is 5.97. The van der Waals surface area contributed by atoms with E-state index in [1.165, 1.54) is 24.3 Å². The third-order valence-electron chi connectivity index (χ3n) is 1.27. The molecule has 0 N–H and O–H groups in total. The zero-order chi connectivity index (χ0) is 9.19. The minimum absolute atomic E-state index is 0.0918. The van der Waals surface area contributed by atoms with E-state index in [2.05, 4.69) is 0 Å². The highest BCUT2D eigenvalue weighted by molar-refractivity contribution is 7.68. The largest absolute Gasteiger partial charge is 0.805 e. The SMILES string of the molecule is O=C(c1ccccc1)P(=O)([O-])[O-]. The van der Waals surface area contributed by atoms with Gasteiger partial charge in [0, 0.05) is 13.2 Å². The van der Waals surface area contributed by atoms with Crippen molar-refractivity contribution < 1.29 is 19.1 Å². The highest BCUT2D eigenvalue weighted by Gasteiger charge is 2.07. The van der Waals surface area contributed by atoms with Crippen LogP contribution in [0.15, 0.2) is 30.3 Å². The summed E-state index contributed by atoms with van der Waals surface area (Å²) in [6, 6.07) is 7.17. The van der Waals surface area contributed by atoms with Crippen molar-refractivity contribution in [1.82, 2.24) is 0 Å². The average Bonchev–Trinajstić information content (AvgIpc) is 2.03. The molecule has 12 heavy (non-hydrogen) atoms. The molecule has 0 saturated carbocycles. The second-order valence-corrected chi connectivity index (χ2v) is 3.57. The van der Waals surface area contributed by atoms with Gasteiger partial charge in [-0.3, -0.25) is 4.79 Å². The molecule has 0 radical (unpaired) electrons. The molecule has 0 bridgehead atoms. The summed E-state index contributed by atoms with van der Waals surface area (Å²) >= 11 is 0. The number of hydrogen-bond donors (Lipinski definition) is 0. The Morgan fingerprint density at radius 2 is 1.67 bits per heavy atom. The lowest BCUT2D eigenvalue weighted by Crippen LogP contribution is -2.21. The highest BCUT2D eigenvalue weighted by atomic mass is 31.2. The van der Waals surface area contributed by atoms with Crippen molar-refractivity contribution in [3.8, 4) is 0 Å². The molecule has 0 amide bonds. The van der Waals surface area contributed by atoms with Gasteiger partial charge in [-0.15, -0.1) is 0 Å². The summed E-state index contributed by atoms with van der Waals surface area (Å²) in [5.74, 6) is 0. The van der Waals surface area contributed by atoms with Crippen LogP contribution in [0, 0.1) is 0 Å². The van der Waals surface area contributed by atoms with Crippen molar-refractivity contribution in [3.05, 3.63) is 35.9 Å². The van der Waals surface area contributed by atoms with E-state index in [1.54, 1.807) is 6.07 Å². The molecule has 1 rings (SSSR count). The predicted molar refractivity (Wildman–Crippen MR) is 38.4 cm³/mol. The molecule has 0 aromatic heterocycles. The van der Waals surface area contributed by atoms with E-state index in [9.17, 15) is 19.1 Å². The number of benzene rings is 1. The lowest BCUT2D eigenvalue weighted by atomic mass is 10.2. The summed E-state index contributed by atoms with van der Waals surface area (Å²) in [7, 11) is -5.12. The topological polar surface area (TPSA) is 80.3 Å². The second kappa shape index (κ2) is 3.19. The van der Waals surface area contributed by atoms with Crippen LogP contribution in [0.2, 0.25) is 0 Å². The Hall–Kier alpha value is -0.960. The van der Waals surface area contributed by atoms with Gasteiger partial charge >= 0.3 is 0 Å². The Balaban J connectivity index is 3.03. The highest BCUT2D eigenvalue weighted by Crippen LogP contribution is 2.28. The summed E-state index contributed by atoms with van der Waals surface area (Å²) < 4.78 is 10.3. The Labute approximate surface area is 69.0 Å². The lowest BCUT2D eigenvalue weighted by molar-refractivity contribution is -0.307. The molecular formula is C7H5O4P-2. The molecule has 5 heteroatoms. The molecule has 0 heterocycles. The standard InChI is InChI=1S/C7H7O4P/c8-7(12(9,10)11)6-4-2-1-3-5-6/h1-5H,(H2,9,10,11)/p-2. The first-order valence-corrected chi connectivity index (χ1v) is 4.68. The Bertz CT molecular complexity index is 327. The summed E-state index contributed by atoms with van der Waals surface area (Å²) in [6.45, 7) is 0. The molecule has 4 nitrogen and oxygen atoms in total. The third kappa shape index (κ3) is 2.01. The fourth-order valence-corrected chi connectivity index (χ4v) is 1.20. The quantitative estimate of drug-likeness (QED) is 0.593. The first-order chi connectivity index (χ1) is 5.52. The average molecular weight is 184 g/mol. The smallest absolute Gasteiger partial charge is 0.192 e. The molecule has 0 atom stereocenters. The van der Waals surface area contributed by atoms with Crippen LogP contribution in [0.3, 0.4) is 0 Å². The van der Waals surface area contributed by atoms with E-state index < -0.39 is 13.1 Å². The van der Waals surface area contributed by atoms with Gasteiger partial charge in [0.2, 0.25) is 0 Å². The summed E-state index contributed by atoms with van der Waals surface area (Å²) in [5.41, 5.74) is -1.45. The van der Waals surface area contributed by atoms with Crippen LogP contribution in [-0.4, -0.2) is 5.52 Å². The summed E-state index contributed by atoms with van der Waals surface area (Å²) in [4.78, 5) is 31.3. The molecule has 0 spiro atoms. The Kier molecular flexibility index (Phi) is 2.43. The van der Waals surface area contributed by atoms with Gasteiger partial charge in [0.1, 0.15) is 0 Å². The second-order valence-electron chi connectivity index (χ2n) is 2.17. The van der Waals surface area contributed by atoms with Crippen molar-refractivity contribution >= 4 is 13.1 Å². The number of rotatable bonds is 2. The van der Waals surface area contributed by atoms with Crippen LogP contribution in [-0.2, 0) is 4.57 Å². The van der Waals surface area contributed by atoms with E-state index in [1.807, 2.05) is 0 Å². The number of hydrogen-bond acceptors (Lipinski definition) is 4. The van der Waals surface area contributed by atoms with Gasteiger partial charge in [0.05, 0.1) is 0 Å². The van der Waals surface area contributed by atoms with Crippen LogP contribution >= 0.6 is 7.60 Å². The van der Waals surface area contributed by atoms with E-state index in [4.69, 9.17) is 0 Å². The fraction of sp³-hybridized carbons (Fsp3) is 0.